The maximum Gasteiger partial charge on any atom is 0.418 e. The molecule has 0 saturated heterocycles. The smallest absolute Gasteiger partial charge is 0.418 e. The first-order valence-electron chi connectivity index (χ1n) is 9.15. The molecule has 4 nitrogen and oxygen atoms in total. The van der Waals surface area contributed by atoms with Gasteiger partial charge in [0.2, 0.25) is 0 Å². The molecule has 1 heterocycles. The van der Waals surface area contributed by atoms with Crippen molar-refractivity contribution in [3.8, 4) is 5.75 Å². The number of pyridine rings is 1. The number of aromatic nitrogens is 1. The third-order valence-electron chi connectivity index (χ3n) is 4.62. The van der Waals surface area contributed by atoms with Crippen LogP contribution in [0, 0.1) is 0 Å². The van der Waals surface area contributed by atoms with E-state index in [0.29, 0.717) is 0 Å². The van der Waals surface area contributed by atoms with Crippen LogP contribution in [-0.2, 0) is 12.4 Å². The fourth-order valence-corrected chi connectivity index (χ4v) is 3.10. The predicted molar refractivity (Wildman–Crippen MR) is 103 cm³/mol. The van der Waals surface area contributed by atoms with Crippen molar-refractivity contribution in [1.29, 1.82) is 0 Å². The van der Waals surface area contributed by atoms with Crippen LogP contribution in [0.15, 0.2) is 66.9 Å². The van der Waals surface area contributed by atoms with Gasteiger partial charge in [-0.05, 0) is 42.0 Å². The van der Waals surface area contributed by atoms with Crippen LogP contribution >= 0.6 is 0 Å². The molecule has 0 radical (unpaired) electrons. The highest BCUT2D eigenvalue weighted by atomic mass is 19.4. The average molecular weight is 454 g/mol. The number of para-hydroxylation sites is 1. The maximum atomic E-state index is 13.6. The molecule has 0 aliphatic rings. The molecule has 3 rings (SSSR count). The summed E-state index contributed by atoms with van der Waals surface area (Å²) in [5.41, 5.74) is -2.62. The molecule has 0 spiro atoms. The van der Waals surface area contributed by atoms with E-state index in [9.17, 15) is 31.1 Å². The number of halogens is 6. The second-order valence-corrected chi connectivity index (χ2v) is 6.66. The molecule has 168 valence electrons. The Hall–Kier alpha value is -3.56. The molecule has 0 saturated carbocycles. The highest BCUT2D eigenvalue weighted by Gasteiger charge is 2.37. The van der Waals surface area contributed by atoms with Gasteiger partial charge >= 0.3 is 12.4 Å². The highest BCUT2D eigenvalue weighted by Crippen LogP contribution is 2.37. The lowest BCUT2D eigenvalue weighted by Gasteiger charge is -2.23. The maximum absolute atomic E-state index is 13.6. The molecule has 10 heteroatoms. The second kappa shape index (κ2) is 8.89. The molecule has 1 atom stereocenters. The monoisotopic (exact) mass is 454 g/mol. The summed E-state index contributed by atoms with van der Waals surface area (Å²) in [6.45, 7) is 0. The van der Waals surface area contributed by atoms with Crippen molar-refractivity contribution in [3.63, 3.8) is 0 Å². The summed E-state index contributed by atoms with van der Waals surface area (Å²) in [6.07, 6.45) is -8.32. The fourth-order valence-electron chi connectivity index (χ4n) is 3.10. The lowest BCUT2D eigenvalue weighted by Crippen LogP contribution is -2.32. The van der Waals surface area contributed by atoms with E-state index in [1.165, 1.54) is 25.3 Å². The zero-order valence-corrected chi connectivity index (χ0v) is 16.5. The van der Waals surface area contributed by atoms with Crippen LogP contribution in [0.25, 0.3) is 0 Å². The molecule has 1 amide bonds. The summed E-state index contributed by atoms with van der Waals surface area (Å²) in [5.74, 6) is -0.612. The molecule has 0 fully saturated rings. The van der Waals surface area contributed by atoms with Gasteiger partial charge in [0.05, 0.1) is 35.5 Å². The number of amides is 1. The quantitative estimate of drug-likeness (QED) is 0.507. The van der Waals surface area contributed by atoms with Gasteiger partial charge in [-0.1, -0.05) is 24.3 Å². The standard InChI is InChI=1S/C22H16F6N2O2/c1-32-17-7-3-2-5-15(17)20(31)30-18(13-8-10-14(11-9-13)21(23,24)25)19-16(22(26,27)28)6-4-12-29-19/h2-12,18H,1H3,(H,30,31). The Kier molecular flexibility index (Phi) is 6.42. The van der Waals surface area contributed by atoms with Gasteiger partial charge in [-0.2, -0.15) is 26.3 Å². The lowest BCUT2D eigenvalue weighted by molar-refractivity contribution is -0.139. The Bertz CT molecular complexity index is 1090. The van der Waals surface area contributed by atoms with Crippen molar-refractivity contribution in [3.05, 3.63) is 94.8 Å². The van der Waals surface area contributed by atoms with Crippen LogP contribution in [0.4, 0.5) is 26.3 Å². The van der Waals surface area contributed by atoms with Gasteiger partial charge in [0.15, 0.2) is 0 Å². The minimum absolute atomic E-state index is 0.00884. The van der Waals surface area contributed by atoms with Crippen molar-refractivity contribution >= 4 is 5.91 Å². The van der Waals surface area contributed by atoms with Gasteiger partial charge < -0.3 is 10.1 Å². The van der Waals surface area contributed by atoms with Crippen molar-refractivity contribution < 1.29 is 35.9 Å². The Morgan fingerprint density at radius 3 is 2.16 bits per heavy atom. The summed E-state index contributed by atoms with van der Waals surface area (Å²) >= 11 is 0. The topological polar surface area (TPSA) is 51.2 Å². The van der Waals surface area contributed by atoms with Crippen LogP contribution in [0.5, 0.6) is 5.75 Å². The summed E-state index contributed by atoms with van der Waals surface area (Å²) in [5, 5.41) is 2.45. The molecular formula is C22H16F6N2O2. The van der Waals surface area contributed by atoms with E-state index >= 15 is 0 Å². The number of hydrogen-bond acceptors (Lipinski definition) is 3. The predicted octanol–water partition coefficient (Wildman–Crippen LogP) is 5.65. The van der Waals surface area contributed by atoms with E-state index in [-0.39, 0.29) is 16.9 Å². The number of nitrogens with one attached hydrogen (secondary N) is 1. The van der Waals surface area contributed by atoms with Crippen LogP contribution in [0.3, 0.4) is 0 Å². The van der Waals surface area contributed by atoms with Crippen molar-refractivity contribution in [1.82, 2.24) is 10.3 Å². The number of carbonyl (C=O) groups is 1. The van der Waals surface area contributed by atoms with Crippen LogP contribution < -0.4 is 10.1 Å². The second-order valence-electron chi connectivity index (χ2n) is 6.66. The Balaban J connectivity index is 2.10. The molecular weight excluding hydrogens is 438 g/mol. The first-order chi connectivity index (χ1) is 15.0. The molecule has 1 aromatic heterocycles. The first kappa shape index (κ1) is 23.1. The molecule has 0 aliphatic carbocycles. The lowest BCUT2D eigenvalue weighted by atomic mass is 9.97. The summed E-state index contributed by atoms with van der Waals surface area (Å²) in [7, 11) is 1.32. The number of hydrogen-bond donors (Lipinski definition) is 1. The molecule has 1 N–H and O–H groups in total. The number of ether oxygens (including phenoxy) is 1. The average Bonchev–Trinajstić information content (AvgIpc) is 2.76. The van der Waals surface area contributed by atoms with Gasteiger partial charge in [-0.15, -0.1) is 0 Å². The Labute approximate surface area is 178 Å². The Morgan fingerprint density at radius 2 is 1.56 bits per heavy atom. The van der Waals surface area contributed by atoms with E-state index in [2.05, 4.69) is 10.3 Å². The number of rotatable bonds is 5. The van der Waals surface area contributed by atoms with Crippen molar-refractivity contribution in [2.75, 3.05) is 7.11 Å². The summed E-state index contributed by atoms with van der Waals surface area (Å²) < 4.78 is 84.7. The third-order valence-corrected chi connectivity index (χ3v) is 4.62. The summed E-state index contributed by atoms with van der Waals surface area (Å²) in [4.78, 5) is 16.7. The SMILES string of the molecule is COc1ccccc1C(=O)NC(c1ccc(C(F)(F)F)cc1)c1ncccc1C(F)(F)F. The van der Waals surface area contributed by atoms with E-state index in [1.54, 1.807) is 6.07 Å². The van der Waals surface area contributed by atoms with Crippen LogP contribution in [-0.4, -0.2) is 18.0 Å². The number of alkyl halides is 6. The minimum Gasteiger partial charge on any atom is -0.496 e. The Morgan fingerprint density at radius 1 is 0.906 bits per heavy atom. The van der Waals surface area contributed by atoms with Gasteiger partial charge in [-0.3, -0.25) is 9.78 Å². The van der Waals surface area contributed by atoms with Crippen molar-refractivity contribution in [2.24, 2.45) is 0 Å². The van der Waals surface area contributed by atoms with Gasteiger partial charge in [0.25, 0.3) is 5.91 Å². The van der Waals surface area contributed by atoms with E-state index < -0.39 is 41.1 Å². The van der Waals surface area contributed by atoms with E-state index in [4.69, 9.17) is 4.74 Å². The fraction of sp³-hybridized carbons (Fsp3) is 0.182. The van der Waals surface area contributed by atoms with Gasteiger partial charge in [0, 0.05) is 6.20 Å². The van der Waals surface area contributed by atoms with Crippen LogP contribution in [0.1, 0.15) is 38.8 Å². The summed E-state index contributed by atoms with van der Waals surface area (Å²) in [6, 6.07) is 9.89. The van der Waals surface area contributed by atoms with Crippen LogP contribution in [0.2, 0.25) is 0 Å². The van der Waals surface area contributed by atoms with E-state index in [0.717, 1.165) is 42.6 Å². The largest absolute Gasteiger partial charge is 0.496 e. The molecule has 3 aromatic rings. The number of carbonyl (C=O) groups excluding carboxylic acids is 1. The normalized spacial score (nSPS) is 12.8. The highest BCUT2D eigenvalue weighted by molar-refractivity contribution is 5.97. The number of methoxy groups -OCH3 is 1. The first-order valence-corrected chi connectivity index (χ1v) is 9.15. The molecule has 2 aromatic carbocycles. The zero-order chi connectivity index (χ0) is 23.5. The minimum atomic E-state index is -4.80. The zero-order valence-electron chi connectivity index (χ0n) is 16.5. The number of nitrogens with zero attached hydrogens (tertiary/aromatic N) is 1. The third kappa shape index (κ3) is 5.01. The number of benzene rings is 2. The van der Waals surface area contributed by atoms with Gasteiger partial charge in [-0.25, -0.2) is 0 Å². The molecule has 0 bridgehead atoms. The van der Waals surface area contributed by atoms with Gasteiger partial charge in [0.1, 0.15) is 5.75 Å². The van der Waals surface area contributed by atoms with Crippen molar-refractivity contribution in [2.45, 2.75) is 18.4 Å². The molecule has 32 heavy (non-hydrogen) atoms. The molecule has 1 unspecified atom stereocenters. The van der Waals surface area contributed by atoms with E-state index in [1.807, 2.05) is 0 Å². The molecule has 0 aliphatic heterocycles.